The van der Waals surface area contributed by atoms with Crippen LogP contribution in [0.4, 0.5) is 5.82 Å². The number of ether oxygens (including phenoxy) is 2. The zero-order chi connectivity index (χ0) is 11.4. The van der Waals surface area contributed by atoms with Crippen molar-refractivity contribution in [1.82, 2.24) is 4.98 Å². The van der Waals surface area contributed by atoms with Crippen molar-refractivity contribution in [3.05, 3.63) is 22.8 Å². The highest BCUT2D eigenvalue weighted by Gasteiger charge is 2.30. The minimum Gasteiger partial charge on any atom is -0.370 e. The van der Waals surface area contributed by atoms with Gasteiger partial charge >= 0.3 is 0 Å². The van der Waals surface area contributed by atoms with E-state index in [1.165, 1.54) is 0 Å². The molecule has 0 radical (unpaired) electrons. The van der Waals surface area contributed by atoms with Crippen LogP contribution >= 0.6 is 15.9 Å². The van der Waals surface area contributed by atoms with Gasteiger partial charge < -0.3 is 14.8 Å². The Morgan fingerprint density at radius 3 is 2.94 bits per heavy atom. The van der Waals surface area contributed by atoms with Gasteiger partial charge in [0, 0.05) is 23.6 Å². The first-order valence-electron chi connectivity index (χ1n) is 5.31. The number of pyridine rings is 1. The van der Waals surface area contributed by atoms with Crippen molar-refractivity contribution >= 4 is 21.7 Å². The van der Waals surface area contributed by atoms with Crippen LogP contribution in [-0.4, -0.2) is 30.5 Å². The molecule has 4 nitrogen and oxygen atoms in total. The summed E-state index contributed by atoms with van der Waals surface area (Å²) >= 11 is 3.40. The van der Waals surface area contributed by atoms with E-state index in [2.05, 4.69) is 26.2 Å². The highest BCUT2D eigenvalue weighted by molar-refractivity contribution is 9.10. The molecule has 0 saturated carbocycles. The predicted octanol–water partition coefficient (Wildman–Crippen LogP) is 2.41. The lowest BCUT2D eigenvalue weighted by molar-refractivity contribution is -0.144. The molecular formula is C11H15BrN2O2. The van der Waals surface area contributed by atoms with E-state index in [0.717, 1.165) is 23.3 Å². The van der Waals surface area contributed by atoms with Crippen LogP contribution in [0.5, 0.6) is 0 Å². The van der Waals surface area contributed by atoms with Gasteiger partial charge in [0.1, 0.15) is 5.82 Å². The molecule has 0 aliphatic carbocycles. The fourth-order valence-electron chi connectivity index (χ4n) is 1.62. The highest BCUT2D eigenvalue weighted by Crippen LogP contribution is 2.22. The summed E-state index contributed by atoms with van der Waals surface area (Å²) in [6.45, 7) is 4.12. The number of aromatic nitrogens is 1. The van der Waals surface area contributed by atoms with Crippen molar-refractivity contribution in [3.63, 3.8) is 0 Å². The van der Waals surface area contributed by atoms with Crippen LogP contribution in [0.1, 0.15) is 13.3 Å². The molecule has 0 aromatic carbocycles. The third-order valence-electron chi connectivity index (χ3n) is 2.51. The lowest BCUT2D eigenvalue weighted by Gasteiger charge is -2.22. The Bertz CT molecular complexity index is 354. The summed E-state index contributed by atoms with van der Waals surface area (Å²) in [4.78, 5) is 4.20. The molecule has 16 heavy (non-hydrogen) atoms. The number of nitrogens with zero attached hydrogens (tertiary/aromatic N) is 1. The molecule has 0 unspecified atom stereocenters. The number of anilines is 1. The summed E-state index contributed by atoms with van der Waals surface area (Å²) in [5.74, 6) is 0.426. The average molecular weight is 287 g/mol. The normalized spacial score (nSPS) is 18.6. The van der Waals surface area contributed by atoms with E-state index in [0.29, 0.717) is 13.2 Å². The number of hydrogen-bond donors (Lipinski definition) is 1. The Hall–Kier alpha value is -0.650. The smallest absolute Gasteiger partial charge is 0.167 e. The summed E-state index contributed by atoms with van der Waals surface area (Å²) in [7, 11) is 0. The van der Waals surface area contributed by atoms with Crippen LogP contribution in [0.15, 0.2) is 22.8 Å². The molecule has 1 aromatic rings. The van der Waals surface area contributed by atoms with E-state index in [4.69, 9.17) is 9.47 Å². The number of rotatable bonds is 4. The first-order chi connectivity index (χ1) is 7.68. The van der Waals surface area contributed by atoms with Crippen LogP contribution in [0, 0.1) is 0 Å². The fraction of sp³-hybridized carbons (Fsp3) is 0.545. The van der Waals surface area contributed by atoms with Crippen molar-refractivity contribution in [3.8, 4) is 0 Å². The molecule has 1 N–H and O–H groups in total. The molecule has 1 fully saturated rings. The molecule has 2 rings (SSSR count). The maximum absolute atomic E-state index is 5.51. The Morgan fingerprint density at radius 1 is 1.50 bits per heavy atom. The second-order valence-electron chi connectivity index (χ2n) is 3.87. The Balaban J connectivity index is 1.79. The Morgan fingerprint density at radius 2 is 2.25 bits per heavy atom. The van der Waals surface area contributed by atoms with Gasteiger partial charge in [-0.3, -0.25) is 0 Å². The molecular weight excluding hydrogens is 272 g/mol. The third kappa shape index (κ3) is 3.17. The van der Waals surface area contributed by atoms with E-state index < -0.39 is 5.79 Å². The van der Waals surface area contributed by atoms with E-state index in [1.54, 1.807) is 6.20 Å². The van der Waals surface area contributed by atoms with Gasteiger partial charge in [-0.1, -0.05) is 15.9 Å². The van der Waals surface area contributed by atoms with Gasteiger partial charge in [0.2, 0.25) is 0 Å². The van der Waals surface area contributed by atoms with Gasteiger partial charge in [0.05, 0.1) is 13.2 Å². The minimum absolute atomic E-state index is 0.432. The molecule has 1 aliphatic rings. The average Bonchev–Trinajstić information content (AvgIpc) is 2.65. The Labute approximate surface area is 103 Å². The van der Waals surface area contributed by atoms with Gasteiger partial charge in [0.25, 0.3) is 0 Å². The lowest BCUT2D eigenvalue weighted by atomic mass is 10.2. The minimum atomic E-state index is -0.432. The predicted molar refractivity (Wildman–Crippen MR) is 65.4 cm³/mol. The summed E-state index contributed by atoms with van der Waals surface area (Å²) in [6.07, 6.45) is 2.57. The summed E-state index contributed by atoms with van der Waals surface area (Å²) < 4.78 is 12.0. The van der Waals surface area contributed by atoms with E-state index in [9.17, 15) is 0 Å². The van der Waals surface area contributed by atoms with Crippen LogP contribution in [0.2, 0.25) is 0 Å². The number of hydrogen-bond acceptors (Lipinski definition) is 4. The van der Waals surface area contributed by atoms with Gasteiger partial charge in [-0.2, -0.15) is 0 Å². The molecule has 1 aromatic heterocycles. The molecule has 0 bridgehead atoms. The van der Waals surface area contributed by atoms with Crippen molar-refractivity contribution in [2.75, 3.05) is 25.1 Å². The second-order valence-corrected chi connectivity index (χ2v) is 4.78. The molecule has 2 heterocycles. The van der Waals surface area contributed by atoms with Crippen LogP contribution in [-0.2, 0) is 9.47 Å². The third-order valence-corrected chi connectivity index (χ3v) is 3.00. The molecule has 0 atom stereocenters. The fourth-order valence-corrected chi connectivity index (χ4v) is 1.96. The number of halogens is 1. The quantitative estimate of drug-likeness (QED) is 0.923. The summed E-state index contributed by atoms with van der Waals surface area (Å²) in [6, 6.07) is 3.84. The van der Waals surface area contributed by atoms with E-state index in [-0.39, 0.29) is 0 Å². The van der Waals surface area contributed by atoms with Crippen LogP contribution in [0.25, 0.3) is 0 Å². The van der Waals surface area contributed by atoms with E-state index in [1.807, 2.05) is 19.1 Å². The standard InChI is InChI=1S/C11H15BrN2O2/c1-11(15-6-7-16-11)3-5-14-10-8-9(12)2-4-13-10/h2,4,8H,3,5-7H2,1H3,(H,13,14). The summed E-state index contributed by atoms with van der Waals surface area (Å²) in [5.41, 5.74) is 0. The molecule has 1 aliphatic heterocycles. The first kappa shape index (κ1) is 11.8. The molecule has 88 valence electrons. The highest BCUT2D eigenvalue weighted by atomic mass is 79.9. The van der Waals surface area contributed by atoms with Gasteiger partial charge in [-0.15, -0.1) is 0 Å². The van der Waals surface area contributed by atoms with Crippen LogP contribution in [0.3, 0.4) is 0 Å². The topological polar surface area (TPSA) is 43.4 Å². The largest absolute Gasteiger partial charge is 0.370 e. The zero-order valence-electron chi connectivity index (χ0n) is 9.20. The van der Waals surface area contributed by atoms with Crippen molar-refractivity contribution in [2.24, 2.45) is 0 Å². The lowest BCUT2D eigenvalue weighted by Crippen LogP contribution is -2.28. The maximum Gasteiger partial charge on any atom is 0.167 e. The SMILES string of the molecule is CC1(CCNc2cc(Br)ccn2)OCCO1. The first-order valence-corrected chi connectivity index (χ1v) is 6.11. The van der Waals surface area contributed by atoms with Crippen LogP contribution < -0.4 is 5.32 Å². The second kappa shape index (κ2) is 5.12. The molecule has 5 heteroatoms. The van der Waals surface area contributed by atoms with Gasteiger partial charge in [0.15, 0.2) is 5.79 Å². The van der Waals surface area contributed by atoms with Crippen molar-refractivity contribution < 1.29 is 9.47 Å². The van der Waals surface area contributed by atoms with Crippen molar-refractivity contribution in [1.29, 1.82) is 0 Å². The molecule has 1 saturated heterocycles. The Kier molecular flexibility index (Phi) is 3.78. The molecule has 0 spiro atoms. The number of nitrogens with one attached hydrogen (secondary N) is 1. The molecule has 0 amide bonds. The van der Waals surface area contributed by atoms with Crippen molar-refractivity contribution in [2.45, 2.75) is 19.1 Å². The van der Waals surface area contributed by atoms with Gasteiger partial charge in [-0.25, -0.2) is 4.98 Å². The zero-order valence-corrected chi connectivity index (χ0v) is 10.8. The maximum atomic E-state index is 5.51. The van der Waals surface area contributed by atoms with E-state index >= 15 is 0 Å². The summed E-state index contributed by atoms with van der Waals surface area (Å²) in [5, 5.41) is 3.24. The monoisotopic (exact) mass is 286 g/mol. The van der Waals surface area contributed by atoms with Gasteiger partial charge in [-0.05, 0) is 19.1 Å².